The third kappa shape index (κ3) is 4.01. The van der Waals surface area contributed by atoms with Crippen molar-refractivity contribution in [3.8, 4) is 39.3 Å². The Labute approximate surface area is 187 Å². The van der Waals surface area contributed by atoms with Crippen molar-refractivity contribution in [1.29, 1.82) is 0 Å². The van der Waals surface area contributed by atoms with Crippen molar-refractivity contribution >= 4 is 11.6 Å². The molecule has 1 aromatic heterocycles. The Bertz CT molecular complexity index is 1240. The van der Waals surface area contributed by atoms with Gasteiger partial charge in [0.25, 0.3) is 0 Å². The molecule has 0 aliphatic carbocycles. The fraction of sp³-hybridized carbons (Fsp3) is 0. The summed E-state index contributed by atoms with van der Waals surface area (Å²) in [6.07, 6.45) is 0. The van der Waals surface area contributed by atoms with Crippen molar-refractivity contribution < 1.29 is 4.57 Å². The van der Waals surface area contributed by atoms with Gasteiger partial charge in [-0.1, -0.05) is 78.3 Å². The highest BCUT2D eigenvalue weighted by atomic mass is 35.5. The zero-order valence-electron chi connectivity index (χ0n) is 16.9. The lowest BCUT2D eigenvalue weighted by Crippen LogP contribution is -2.36. The van der Waals surface area contributed by atoms with E-state index in [1.807, 2.05) is 12.1 Å². The van der Waals surface area contributed by atoms with Crippen LogP contribution < -0.4 is 4.57 Å². The molecule has 5 rings (SSSR count). The molecule has 0 fully saturated rings. The Morgan fingerprint density at radius 1 is 0.419 bits per heavy atom. The van der Waals surface area contributed by atoms with Crippen molar-refractivity contribution in [3.63, 3.8) is 0 Å². The largest absolute Gasteiger partial charge is 0.219 e. The molecule has 0 atom stereocenters. The lowest BCUT2D eigenvalue weighted by molar-refractivity contribution is -0.572. The molecule has 0 N–H and O–H groups in total. The summed E-state index contributed by atoms with van der Waals surface area (Å²) in [5.74, 6) is 0. The topological polar surface area (TPSA) is 3.88 Å². The predicted octanol–water partition coefficient (Wildman–Crippen LogP) is 7.62. The Balaban J connectivity index is 1.87. The maximum absolute atomic E-state index is 6.21. The van der Waals surface area contributed by atoms with E-state index in [0.717, 1.165) is 33.2 Å². The summed E-state index contributed by atoms with van der Waals surface area (Å²) >= 11 is 6.21. The zero-order chi connectivity index (χ0) is 21.0. The average Bonchev–Trinajstić information content (AvgIpc) is 2.85. The van der Waals surface area contributed by atoms with Crippen LogP contribution >= 0.6 is 11.6 Å². The van der Waals surface area contributed by atoms with E-state index in [4.69, 9.17) is 11.6 Å². The molecule has 0 saturated carbocycles. The number of hydrogen-bond acceptors (Lipinski definition) is 0. The Hall–Kier alpha value is -3.68. The standard InChI is InChI=1S/C29H21ClN/c30-26-16-18-27(19-17-26)31-28(23-12-6-2-7-13-23)20-25(22-10-4-1-5-11-22)21-29(31)24-14-8-3-9-15-24/h1-21H/q+1. The molecule has 31 heavy (non-hydrogen) atoms. The van der Waals surface area contributed by atoms with E-state index in [2.05, 4.69) is 120 Å². The maximum atomic E-state index is 6.21. The first kappa shape index (κ1) is 19.3. The van der Waals surface area contributed by atoms with Crippen molar-refractivity contribution in [2.24, 2.45) is 0 Å². The van der Waals surface area contributed by atoms with Gasteiger partial charge in [0.1, 0.15) is 0 Å². The van der Waals surface area contributed by atoms with Gasteiger partial charge in [-0.2, -0.15) is 4.57 Å². The summed E-state index contributed by atoms with van der Waals surface area (Å²) in [7, 11) is 0. The molecular formula is C29H21ClN+. The second-order valence-electron chi connectivity index (χ2n) is 7.42. The maximum Gasteiger partial charge on any atom is 0.219 e. The van der Waals surface area contributed by atoms with Gasteiger partial charge in [0.05, 0.1) is 0 Å². The smallest absolute Gasteiger partial charge is 0.153 e. The highest BCUT2D eigenvalue weighted by molar-refractivity contribution is 6.30. The zero-order valence-corrected chi connectivity index (χ0v) is 17.7. The molecule has 0 radical (unpaired) electrons. The number of benzene rings is 4. The number of nitrogens with zero attached hydrogens (tertiary/aromatic N) is 1. The minimum absolute atomic E-state index is 0.729. The van der Waals surface area contributed by atoms with E-state index >= 15 is 0 Å². The number of rotatable bonds is 4. The van der Waals surface area contributed by atoms with Gasteiger partial charge in [0.15, 0.2) is 0 Å². The van der Waals surface area contributed by atoms with E-state index < -0.39 is 0 Å². The Kier molecular flexibility index (Phi) is 5.35. The molecule has 0 aliphatic heterocycles. The van der Waals surface area contributed by atoms with Crippen molar-refractivity contribution in [3.05, 3.63) is 132 Å². The quantitative estimate of drug-likeness (QED) is 0.264. The molecular weight excluding hydrogens is 398 g/mol. The number of hydrogen-bond donors (Lipinski definition) is 0. The summed E-state index contributed by atoms with van der Waals surface area (Å²) in [6, 6.07) is 44.2. The molecule has 0 amide bonds. The molecule has 0 spiro atoms. The van der Waals surface area contributed by atoms with E-state index in [1.54, 1.807) is 0 Å². The van der Waals surface area contributed by atoms with Gasteiger partial charge in [-0.05, 0) is 47.5 Å². The first-order chi connectivity index (χ1) is 15.3. The summed E-state index contributed by atoms with van der Waals surface area (Å²) in [5, 5.41) is 0.729. The lowest BCUT2D eigenvalue weighted by atomic mass is 9.98. The molecule has 0 bridgehead atoms. The monoisotopic (exact) mass is 418 g/mol. The van der Waals surface area contributed by atoms with Gasteiger partial charge in [-0.25, -0.2) is 0 Å². The van der Waals surface area contributed by atoms with Crippen LogP contribution in [0.4, 0.5) is 0 Å². The number of pyridine rings is 1. The van der Waals surface area contributed by atoms with Crippen LogP contribution in [0.25, 0.3) is 39.3 Å². The fourth-order valence-electron chi connectivity index (χ4n) is 3.90. The second-order valence-corrected chi connectivity index (χ2v) is 7.86. The SMILES string of the molecule is Clc1ccc(-[n+]2c(-c3ccccc3)cc(-c3ccccc3)cc2-c2ccccc2)cc1. The van der Waals surface area contributed by atoms with Crippen LogP contribution in [0.1, 0.15) is 0 Å². The van der Waals surface area contributed by atoms with E-state index in [-0.39, 0.29) is 0 Å². The molecule has 1 heterocycles. The summed E-state index contributed by atoms with van der Waals surface area (Å²) in [5.41, 5.74) is 8.02. The van der Waals surface area contributed by atoms with Crippen LogP contribution in [-0.4, -0.2) is 0 Å². The average molecular weight is 419 g/mol. The van der Waals surface area contributed by atoms with Crippen molar-refractivity contribution in [1.82, 2.24) is 0 Å². The van der Waals surface area contributed by atoms with E-state index in [1.165, 1.54) is 11.1 Å². The van der Waals surface area contributed by atoms with Crippen LogP contribution in [0.15, 0.2) is 127 Å². The molecule has 0 aliphatic rings. The third-order valence-electron chi connectivity index (χ3n) is 5.40. The highest BCUT2D eigenvalue weighted by Crippen LogP contribution is 2.30. The Morgan fingerprint density at radius 2 is 0.839 bits per heavy atom. The third-order valence-corrected chi connectivity index (χ3v) is 5.65. The van der Waals surface area contributed by atoms with Crippen LogP contribution in [0.5, 0.6) is 0 Å². The van der Waals surface area contributed by atoms with Gasteiger partial charge < -0.3 is 0 Å². The summed E-state index contributed by atoms with van der Waals surface area (Å²) in [6.45, 7) is 0. The minimum Gasteiger partial charge on any atom is -0.153 e. The van der Waals surface area contributed by atoms with Gasteiger partial charge in [0.2, 0.25) is 17.1 Å². The van der Waals surface area contributed by atoms with Crippen molar-refractivity contribution in [2.45, 2.75) is 0 Å². The van der Waals surface area contributed by atoms with E-state index in [9.17, 15) is 0 Å². The first-order valence-electron chi connectivity index (χ1n) is 10.3. The molecule has 4 aromatic carbocycles. The van der Waals surface area contributed by atoms with Crippen molar-refractivity contribution in [2.75, 3.05) is 0 Å². The first-order valence-corrected chi connectivity index (χ1v) is 10.7. The highest BCUT2D eigenvalue weighted by Gasteiger charge is 2.24. The van der Waals surface area contributed by atoms with Crippen LogP contribution in [0.3, 0.4) is 0 Å². The molecule has 5 aromatic rings. The molecule has 0 saturated heterocycles. The summed E-state index contributed by atoms with van der Waals surface area (Å²) < 4.78 is 2.31. The van der Waals surface area contributed by atoms with Gasteiger partial charge in [0, 0.05) is 40.4 Å². The normalized spacial score (nSPS) is 10.7. The lowest BCUT2D eigenvalue weighted by Gasteiger charge is -2.12. The van der Waals surface area contributed by atoms with E-state index in [0.29, 0.717) is 0 Å². The fourth-order valence-corrected chi connectivity index (χ4v) is 4.03. The second kappa shape index (κ2) is 8.59. The minimum atomic E-state index is 0.729. The van der Waals surface area contributed by atoms with Crippen LogP contribution in [0.2, 0.25) is 5.02 Å². The van der Waals surface area contributed by atoms with Crippen LogP contribution in [0, 0.1) is 0 Å². The molecule has 0 unspecified atom stereocenters. The van der Waals surface area contributed by atoms with Gasteiger partial charge in [-0.3, -0.25) is 0 Å². The van der Waals surface area contributed by atoms with Gasteiger partial charge >= 0.3 is 0 Å². The predicted molar refractivity (Wildman–Crippen MR) is 129 cm³/mol. The molecule has 1 nitrogen and oxygen atoms in total. The number of halogens is 1. The molecule has 148 valence electrons. The number of aromatic nitrogens is 1. The molecule has 2 heteroatoms. The Morgan fingerprint density at radius 3 is 1.29 bits per heavy atom. The van der Waals surface area contributed by atoms with Gasteiger partial charge in [-0.15, -0.1) is 0 Å². The summed E-state index contributed by atoms with van der Waals surface area (Å²) in [4.78, 5) is 0. The van der Waals surface area contributed by atoms with Crippen LogP contribution in [-0.2, 0) is 0 Å².